The maximum absolute atomic E-state index is 5.14. The van der Waals surface area contributed by atoms with Crippen LogP contribution in [0.5, 0.6) is 0 Å². The molecule has 1 N–H and O–H groups in total. The van der Waals surface area contributed by atoms with E-state index in [0.717, 1.165) is 13.1 Å². The predicted octanol–water partition coefficient (Wildman–Crippen LogP) is 3.95. The highest BCUT2D eigenvalue weighted by molar-refractivity contribution is 9.11. The highest BCUT2D eigenvalue weighted by Crippen LogP contribution is 2.21. The van der Waals surface area contributed by atoms with Crippen LogP contribution < -0.4 is 5.32 Å². The molecule has 2 aromatic rings. The first-order valence-electron chi connectivity index (χ1n) is 5.79. The third kappa shape index (κ3) is 4.21. The summed E-state index contributed by atoms with van der Waals surface area (Å²) in [5.41, 5.74) is 2.51. The molecule has 2 nitrogen and oxygen atoms in total. The first-order chi connectivity index (χ1) is 8.78. The summed E-state index contributed by atoms with van der Waals surface area (Å²) in [5.74, 6) is 0. The maximum Gasteiger partial charge on any atom is 0.0713 e. The second kappa shape index (κ2) is 7.04. The van der Waals surface area contributed by atoms with Gasteiger partial charge in [0.05, 0.1) is 10.4 Å². The van der Waals surface area contributed by atoms with Crippen LogP contribution in [0.25, 0.3) is 0 Å². The van der Waals surface area contributed by atoms with E-state index in [1.807, 2.05) is 0 Å². The average molecular weight is 326 g/mol. The van der Waals surface area contributed by atoms with Crippen LogP contribution in [0.1, 0.15) is 16.0 Å². The molecule has 4 heteroatoms. The molecule has 0 saturated carbocycles. The summed E-state index contributed by atoms with van der Waals surface area (Å²) in [6, 6.07) is 12.7. The minimum absolute atomic E-state index is 0.672. The zero-order valence-electron chi connectivity index (χ0n) is 10.3. The van der Waals surface area contributed by atoms with Gasteiger partial charge < -0.3 is 10.1 Å². The number of nitrogens with one attached hydrogen (secondary N) is 1. The molecule has 0 unspecified atom stereocenters. The fraction of sp³-hybridized carbons (Fsp3) is 0.286. The second-order valence-electron chi connectivity index (χ2n) is 4.06. The molecule has 0 spiro atoms. The molecule has 0 atom stereocenters. The molecule has 0 aliphatic carbocycles. The van der Waals surface area contributed by atoms with E-state index in [4.69, 9.17) is 4.74 Å². The van der Waals surface area contributed by atoms with Gasteiger partial charge in [-0.15, -0.1) is 11.3 Å². The van der Waals surface area contributed by atoms with Gasteiger partial charge in [0.25, 0.3) is 0 Å². The molecule has 0 fully saturated rings. The van der Waals surface area contributed by atoms with Crippen LogP contribution in [-0.2, 0) is 24.4 Å². The van der Waals surface area contributed by atoms with Gasteiger partial charge in [-0.2, -0.15) is 0 Å². The molecular formula is C14H16BrNOS. The zero-order chi connectivity index (χ0) is 12.8. The summed E-state index contributed by atoms with van der Waals surface area (Å²) >= 11 is 5.24. The minimum atomic E-state index is 0.672. The summed E-state index contributed by atoms with van der Waals surface area (Å²) in [6.07, 6.45) is 0. The van der Waals surface area contributed by atoms with Crippen LogP contribution >= 0.6 is 27.3 Å². The van der Waals surface area contributed by atoms with Crippen molar-refractivity contribution >= 4 is 27.3 Å². The first-order valence-corrected chi connectivity index (χ1v) is 7.40. The Morgan fingerprint density at radius 1 is 1.17 bits per heavy atom. The van der Waals surface area contributed by atoms with E-state index in [2.05, 4.69) is 57.6 Å². The second-order valence-corrected chi connectivity index (χ2v) is 6.61. The van der Waals surface area contributed by atoms with Gasteiger partial charge in [0.15, 0.2) is 0 Å². The molecule has 96 valence electrons. The number of hydrogen-bond donors (Lipinski definition) is 1. The lowest BCUT2D eigenvalue weighted by molar-refractivity contribution is 0.185. The standard InChI is InChI=1S/C14H16BrNOS/c1-17-10-12-4-2-3-11(7-12)8-16-9-13-5-6-14(15)18-13/h2-7,16H,8-10H2,1H3. The smallest absolute Gasteiger partial charge is 0.0713 e. The Balaban J connectivity index is 1.84. The Morgan fingerprint density at radius 2 is 2.00 bits per heavy atom. The van der Waals surface area contributed by atoms with Crippen LogP contribution in [0.2, 0.25) is 0 Å². The summed E-state index contributed by atoms with van der Waals surface area (Å²) < 4.78 is 6.32. The molecule has 18 heavy (non-hydrogen) atoms. The molecule has 0 radical (unpaired) electrons. The van der Waals surface area contributed by atoms with E-state index in [9.17, 15) is 0 Å². The van der Waals surface area contributed by atoms with Crippen molar-refractivity contribution in [3.8, 4) is 0 Å². The monoisotopic (exact) mass is 325 g/mol. The highest BCUT2D eigenvalue weighted by Gasteiger charge is 1.99. The number of rotatable bonds is 6. The van der Waals surface area contributed by atoms with Crippen molar-refractivity contribution in [2.75, 3.05) is 7.11 Å². The molecule has 0 saturated heterocycles. The van der Waals surface area contributed by atoms with Crippen LogP contribution in [0.15, 0.2) is 40.2 Å². The van der Waals surface area contributed by atoms with Crippen LogP contribution in [-0.4, -0.2) is 7.11 Å². The summed E-state index contributed by atoms with van der Waals surface area (Å²) in [5, 5.41) is 3.45. The molecule has 1 heterocycles. The van der Waals surface area contributed by atoms with Crippen molar-refractivity contribution in [3.05, 3.63) is 56.2 Å². The lowest BCUT2D eigenvalue weighted by Crippen LogP contribution is -2.11. The van der Waals surface area contributed by atoms with Crippen molar-refractivity contribution < 1.29 is 4.74 Å². The van der Waals surface area contributed by atoms with E-state index in [-0.39, 0.29) is 0 Å². The Morgan fingerprint density at radius 3 is 2.72 bits per heavy atom. The third-order valence-electron chi connectivity index (χ3n) is 2.56. The van der Waals surface area contributed by atoms with Crippen molar-refractivity contribution in [1.29, 1.82) is 0 Å². The minimum Gasteiger partial charge on any atom is -0.380 e. The van der Waals surface area contributed by atoms with Crippen molar-refractivity contribution in [1.82, 2.24) is 5.32 Å². The Kier molecular flexibility index (Phi) is 5.38. The van der Waals surface area contributed by atoms with E-state index in [1.54, 1.807) is 18.4 Å². The van der Waals surface area contributed by atoms with Gasteiger partial charge in [-0.3, -0.25) is 0 Å². The topological polar surface area (TPSA) is 21.3 Å². The molecule has 2 rings (SSSR count). The van der Waals surface area contributed by atoms with E-state index in [0.29, 0.717) is 6.61 Å². The van der Waals surface area contributed by atoms with Gasteiger partial charge in [0.1, 0.15) is 0 Å². The lowest BCUT2D eigenvalue weighted by Gasteiger charge is -2.06. The Bertz CT molecular complexity index is 498. The lowest BCUT2D eigenvalue weighted by atomic mass is 10.1. The summed E-state index contributed by atoms with van der Waals surface area (Å²) in [7, 11) is 1.72. The maximum atomic E-state index is 5.14. The van der Waals surface area contributed by atoms with Crippen molar-refractivity contribution in [2.45, 2.75) is 19.7 Å². The molecular weight excluding hydrogens is 310 g/mol. The zero-order valence-corrected chi connectivity index (χ0v) is 12.7. The average Bonchev–Trinajstić information content (AvgIpc) is 2.76. The largest absolute Gasteiger partial charge is 0.380 e. The quantitative estimate of drug-likeness (QED) is 0.868. The third-order valence-corrected chi connectivity index (χ3v) is 4.18. The van der Waals surface area contributed by atoms with Gasteiger partial charge in [-0.25, -0.2) is 0 Å². The first kappa shape index (κ1) is 13.7. The molecule has 0 bridgehead atoms. The highest BCUT2D eigenvalue weighted by atomic mass is 79.9. The number of methoxy groups -OCH3 is 1. The Hall–Kier alpha value is -0.680. The molecule has 0 aliphatic rings. The van der Waals surface area contributed by atoms with Gasteiger partial charge in [0.2, 0.25) is 0 Å². The molecule has 0 aliphatic heterocycles. The fourth-order valence-electron chi connectivity index (χ4n) is 1.77. The van der Waals surface area contributed by atoms with Crippen molar-refractivity contribution in [3.63, 3.8) is 0 Å². The predicted molar refractivity (Wildman–Crippen MR) is 79.7 cm³/mol. The van der Waals surface area contributed by atoms with E-state index < -0.39 is 0 Å². The summed E-state index contributed by atoms with van der Waals surface area (Å²) in [4.78, 5) is 1.34. The fourth-order valence-corrected chi connectivity index (χ4v) is 3.23. The van der Waals surface area contributed by atoms with E-state index in [1.165, 1.54) is 19.8 Å². The Labute approximate surface area is 120 Å². The van der Waals surface area contributed by atoms with Gasteiger partial charge in [0, 0.05) is 25.1 Å². The van der Waals surface area contributed by atoms with Gasteiger partial charge in [-0.05, 0) is 39.2 Å². The SMILES string of the molecule is COCc1cccc(CNCc2ccc(Br)s2)c1. The van der Waals surface area contributed by atoms with Crippen molar-refractivity contribution in [2.24, 2.45) is 0 Å². The van der Waals surface area contributed by atoms with Gasteiger partial charge >= 0.3 is 0 Å². The molecule has 1 aromatic carbocycles. The normalized spacial score (nSPS) is 10.8. The van der Waals surface area contributed by atoms with Crippen LogP contribution in [0.4, 0.5) is 0 Å². The van der Waals surface area contributed by atoms with Crippen LogP contribution in [0, 0.1) is 0 Å². The molecule has 1 aromatic heterocycles. The number of ether oxygens (including phenoxy) is 1. The van der Waals surface area contributed by atoms with E-state index >= 15 is 0 Å². The number of thiophene rings is 1. The number of hydrogen-bond acceptors (Lipinski definition) is 3. The number of benzene rings is 1. The van der Waals surface area contributed by atoms with Crippen LogP contribution in [0.3, 0.4) is 0 Å². The molecule has 0 amide bonds. The van der Waals surface area contributed by atoms with Gasteiger partial charge in [-0.1, -0.05) is 24.3 Å². The number of halogens is 1. The summed E-state index contributed by atoms with van der Waals surface area (Å²) in [6.45, 7) is 2.46.